The number of aromatic nitrogens is 1. The van der Waals surface area contributed by atoms with Crippen LogP contribution >= 0.6 is 0 Å². The highest BCUT2D eigenvalue weighted by molar-refractivity contribution is 5.82. The largest absolute Gasteiger partial charge is 0.481 e. The molecule has 4 heteroatoms. The maximum atomic E-state index is 10.8. The lowest BCUT2D eigenvalue weighted by atomic mass is 10.1. The first kappa shape index (κ1) is 14.1. The maximum absolute atomic E-state index is 10.8. The SMILES string of the molecule is O=C(O)Cc1ccc2c(ccn2CCN2CCCCC2)c1. The Hall–Kier alpha value is -1.81. The minimum Gasteiger partial charge on any atom is -0.481 e. The van der Waals surface area contributed by atoms with E-state index in [1.165, 1.54) is 37.9 Å². The molecule has 1 fully saturated rings. The molecule has 2 aromatic rings. The molecule has 21 heavy (non-hydrogen) atoms. The highest BCUT2D eigenvalue weighted by Crippen LogP contribution is 2.18. The number of hydrogen-bond acceptors (Lipinski definition) is 2. The van der Waals surface area contributed by atoms with Crippen molar-refractivity contribution in [2.45, 2.75) is 32.2 Å². The minimum atomic E-state index is -0.779. The summed E-state index contributed by atoms with van der Waals surface area (Å²) in [5.41, 5.74) is 2.06. The number of carboxylic acids is 1. The van der Waals surface area contributed by atoms with Crippen LogP contribution in [0.3, 0.4) is 0 Å². The highest BCUT2D eigenvalue weighted by Gasteiger charge is 2.10. The summed E-state index contributed by atoms with van der Waals surface area (Å²) in [6.45, 7) is 4.55. The zero-order valence-corrected chi connectivity index (χ0v) is 12.3. The fraction of sp³-hybridized carbons (Fsp3) is 0.471. The molecule has 1 saturated heterocycles. The maximum Gasteiger partial charge on any atom is 0.307 e. The first-order chi connectivity index (χ1) is 10.2. The number of piperidine rings is 1. The van der Waals surface area contributed by atoms with Gasteiger partial charge in [-0.2, -0.15) is 0 Å². The van der Waals surface area contributed by atoms with E-state index in [1.54, 1.807) is 0 Å². The van der Waals surface area contributed by atoms with Gasteiger partial charge < -0.3 is 14.6 Å². The summed E-state index contributed by atoms with van der Waals surface area (Å²) in [6.07, 6.45) is 6.22. The summed E-state index contributed by atoms with van der Waals surface area (Å²) in [4.78, 5) is 13.3. The van der Waals surface area contributed by atoms with Gasteiger partial charge in [0.15, 0.2) is 0 Å². The van der Waals surface area contributed by atoms with E-state index in [0.29, 0.717) is 0 Å². The Bertz CT molecular complexity index is 627. The van der Waals surface area contributed by atoms with E-state index in [-0.39, 0.29) is 6.42 Å². The van der Waals surface area contributed by atoms with Gasteiger partial charge in [-0.05, 0) is 55.1 Å². The number of fused-ring (bicyclic) bond motifs is 1. The summed E-state index contributed by atoms with van der Waals surface area (Å²) in [6, 6.07) is 8.04. The van der Waals surface area contributed by atoms with Crippen molar-refractivity contribution in [2.75, 3.05) is 19.6 Å². The Balaban J connectivity index is 1.69. The molecule has 0 saturated carbocycles. The Kier molecular flexibility index (Phi) is 4.25. The second-order valence-electron chi connectivity index (χ2n) is 5.88. The van der Waals surface area contributed by atoms with Crippen molar-refractivity contribution in [3.05, 3.63) is 36.0 Å². The Morgan fingerprint density at radius 2 is 1.90 bits per heavy atom. The van der Waals surface area contributed by atoms with Crippen molar-refractivity contribution in [2.24, 2.45) is 0 Å². The van der Waals surface area contributed by atoms with Gasteiger partial charge in [-0.15, -0.1) is 0 Å². The molecule has 0 radical (unpaired) electrons. The molecule has 0 amide bonds. The first-order valence-corrected chi connectivity index (χ1v) is 7.74. The fourth-order valence-corrected chi connectivity index (χ4v) is 3.16. The number of aliphatic carboxylic acids is 1. The van der Waals surface area contributed by atoms with Crippen LogP contribution in [-0.4, -0.2) is 40.2 Å². The lowest BCUT2D eigenvalue weighted by molar-refractivity contribution is -0.136. The lowest BCUT2D eigenvalue weighted by Crippen LogP contribution is -2.32. The Morgan fingerprint density at radius 3 is 2.67 bits per heavy atom. The summed E-state index contributed by atoms with van der Waals surface area (Å²) in [5, 5.41) is 9.99. The predicted octanol–water partition coefficient (Wildman–Crippen LogP) is 2.75. The van der Waals surface area contributed by atoms with Gasteiger partial charge in [-0.1, -0.05) is 12.5 Å². The van der Waals surface area contributed by atoms with Gasteiger partial charge in [0.25, 0.3) is 0 Å². The number of carboxylic acid groups (broad SMARTS) is 1. The number of likely N-dealkylation sites (tertiary alicyclic amines) is 1. The fourth-order valence-electron chi connectivity index (χ4n) is 3.16. The summed E-state index contributed by atoms with van der Waals surface area (Å²) in [5.74, 6) is -0.779. The molecular formula is C17H22N2O2. The van der Waals surface area contributed by atoms with Crippen LogP contribution in [0.4, 0.5) is 0 Å². The van der Waals surface area contributed by atoms with Crippen molar-refractivity contribution in [3.8, 4) is 0 Å². The summed E-state index contributed by atoms with van der Waals surface area (Å²) >= 11 is 0. The number of carbonyl (C=O) groups is 1. The van der Waals surface area contributed by atoms with Gasteiger partial charge in [0.2, 0.25) is 0 Å². The van der Waals surface area contributed by atoms with Crippen LogP contribution in [0.25, 0.3) is 10.9 Å². The normalized spacial score (nSPS) is 16.4. The predicted molar refractivity (Wildman–Crippen MR) is 83.6 cm³/mol. The Labute approximate surface area is 125 Å². The molecule has 1 aliphatic rings. The molecule has 0 unspecified atom stereocenters. The van der Waals surface area contributed by atoms with Gasteiger partial charge in [-0.3, -0.25) is 4.79 Å². The van der Waals surface area contributed by atoms with Crippen LogP contribution in [0, 0.1) is 0 Å². The molecule has 1 aliphatic heterocycles. The topological polar surface area (TPSA) is 45.5 Å². The van der Waals surface area contributed by atoms with Crippen LogP contribution in [-0.2, 0) is 17.8 Å². The average molecular weight is 286 g/mol. The zero-order chi connectivity index (χ0) is 14.7. The lowest BCUT2D eigenvalue weighted by Gasteiger charge is -2.26. The van der Waals surface area contributed by atoms with Gasteiger partial charge in [0.05, 0.1) is 6.42 Å². The molecule has 3 rings (SSSR count). The Morgan fingerprint density at radius 1 is 1.10 bits per heavy atom. The van der Waals surface area contributed by atoms with Crippen LogP contribution in [0.15, 0.2) is 30.5 Å². The van der Waals surface area contributed by atoms with Crippen molar-refractivity contribution in [1.29, 1.82) is 0 Å². The van der Waals surface area contributed by atoms with Crippen LogP contribution in [0.5, 0.6) is 0 Å². The molecular weight excluding hydrogens is 264 g/mol. The minimum absolute atomic E-state index is 0.0922. The van der Waals surface area contributed by atoms with Crippen LogP contribution in [0.2, 0.25) is 0 Å². The first-order valence-electron chi connectivity index (χ1n) is 7.74. The highest BCUT2D eigenvalue weighted by atomic mass is 16.4. The van der Waals surface area contributed by atoms with Crippen molar-refractivity contribution < 1.29 is 9.90 Å². The summed E-state index contributed by atoms with van der Waals surface area (Å²) < 4.78 is 2.27. The van der Waals surface area contributed by atoms with Crippen LogP contribution in [0.1, 0.15) is 24.8 Å². The number of benzene rings is 1. The third-order valence-electron chi connectivity index (χ3n) is 4.30. The molecule has 0 bridgehead atoms. The average Bonchev–Trinajstić information content (AvgIpc) is 2.88. The van der Waals surface area contributed by atoms with E-state index >= 15 is 0 Å². The molecule has 0 spiro atoms. The van der Waals surface area contributed by atoms with Crippen molar-refractivity contribution in [1.82, 2.24) is 9.47 Å². The van der Waals surface area contributed by atoms with Gasteiger partial charge in [0, 0.05) is 24.8 Å². The zero-order valence-electron chi connectivity index (χ0n) is 12.3. The third kappa shape index (κ3) is 3.45. The number of rotatable bonds is 5. The molecule has 0 atom stereocenters. The van der Waals surface area contributed by atoms with Gasteiger partial charge in [0.1, 0.15) is 0 Å². The second kappa shape index (κ2) is 6.31. The standard InChI is InChI=1S/C17H22N2O2/c20-17(21)13-14-4-5-16-15(12-14)6-9-19(16)11-10-18-7-2-1-3-8-18/h4-6,9,12H,1-3,7-8,10-11,13H2,(H,20,21). The van der Waals surface area contributed by atoms with E-state index in [0.717, 1.165) is 24.0 Å². The van der Waals surface area contributed by atoms with E-state index in [9.17, 15) is 4.79 Å². The number of hydrogen-bond donors (Lipinski definition) is 1. The molecule has 0 aliphatic carbocycles. The molecule has 1 N–H and O–H groups in total. The molecule has 1 aromatic carbocycles. The van der Waals surface area contributed by atoms with E-state index in [2.05, 4.69) is 21.7 Å². The van der Waals surface area contributed by atoms with Crippen molar-refractivity contribution >= 4 is 16.9 Å². The number of nitrogens with zero attached hydrogens (tertiary/aromatic N) is 2. The monoisotopic (exact) mass is 286 g/mol. The second-order valence-corrected chi connectivity index (χ2v) is 5.88. The summed E-state index contributed by atoms with van der Waals surface area (Å²) in [7, 11) is 0. The van der Waals surface area contributed by atoms with E-state index in [4.69, 9.17) is 5.11 Å². The third-order valence-corrected chi connectivity index (χ3v) is 4.30. The smallest absolute Gasteiger partial charge is 0.307 e. The van der Waals surface area contributed by atoms with E-state index in [1.807, 2.05) is 18.2 Å². The van der Waals surface area contributed by atoms with E-state index < -0.39 is 5.97 Å². The molecule has 112 valence electrons. The van der Waals surface area contributed by atoms with Gasteiger partial charge >= 0.3 is 5.97 Å². The van der Waals surface area contributed by atoms with Crippen LogP contribution < -0.4 is 0 Å². The molecule has 1 aromatic heterocycles. The molecule has 4 nitrogen and oxygen atoms in total. The van der Waals surface area contributed by atoms with Gasteiger partial charge in [-0.25, -0.2) is 0 Å². The molecule has 2 heterocycles. The van der Waals surface area contributed by atoms with Crippen molar-refractivity contribution in [3.63, 3.8) is 0 Å². The quantitative estimate of drug-likeness (QED) is 0.919.